The minimum Gasteiger partial charge on any atom is -0.456 e. The van der Waals surface area contributed by atoms with Gasteiger partial charge in [0.25, 0.3) is 0 Å². The van der Waals surface area contributed by atoms with Crippen LogP contribution in [0.2, 0.25) is 5.02 Å². The van der Waals surface area contributed by atoms with Crippen molar-refractivity contribution >= 4 is 34.6 Å². The second kappa shape index (κ2) is 10.9. The molecule has 1 atom stereocenters. The Hall–Kier alpha value is -3.96. The van der Waals surface area contributed by atoms with E-state index in [2.05, 4.69) is 42.3 Å². The van der Waals surface area contributed by atoms with E-state index in [-0.39, 0.29) is 5.97 Å². The molecule has 0 amide bonds. The SMILES string of the molecule is CCCCN(CCCC)c1ccc2c(c1)Oc1cc(Cl)c(Nc3ccccc3)cc1[C@]21OC(=O)c2ccccc21. The Labute approximate surface area is 240 Å². The first-order valence-electron chi connectivity index (χ1n) is 14.1. The number of carbonyl (C=O) groups excluding carboxylic acids is 1. The number of rotatable bonds is 9. The molecule has 0 aromatic heterocycles. The van der Waals surface area contributed by atoms with Gasteiger partial charge in [-0.15, -0.1) is 0 Å². The maximum absolute atomic E-state index is 13.3. The maximum atomic E-state index is 13.3. The predicted molar refractivity (Wildman–Crippen MR) is 161 cm³/mol. The number of nitrogens with one attached hydrogen (secondary N) is 1. The van der Waals surface area contributed by atoms with Gasteiger partial charge in [-0.25, -0.2) is 4.79 Å². The fourth-order valence-corrected chi connectivity index (χ4v) is 5.92. The molecule has 1 spiro atoms. The topological polar surface area (TPSA) is 50.8 Å². The number of unbranched alkanes of at least 4 members (excludes halogenated alkanes) is 2. The molecule has 2 aliphatic heterocycles. The molecule has 0 saturated heterocycles. The fraction of sp³-hybridized carbons (Fsp3) is 0.265. The van der Waals surface area contributed by atoms with Gasteiger partial charge in [-0.1, -0.05) is 74.7 Å². The summed E-state index contributed by atoms with van der Waals surface area (Å²) in [6.07, 6.45) is 4.49. The van der Waals surface area contributed by atoms with Gasteiger partial charge in [-0.2, -0.15) is 0 Å². The highest BCUT2D eigenvalue weighted by molar-refractivity contribution is 6.33. The zero-order valence-electron chi connectivity index (χ0n) is 22.9. The van der Waals surface area contributed by atoms with Crippen molar-refractivity contribution in [3.63, 3.8) is 0 Å². The summed E-state index contributed by atoms with van der Waals surface area (Å²) in [7, 11) is 0. The van der Waals surface area contributed by atoms with Crippen molar-refractivity contribution in [3.05, 3.63) is 112 Å². The van der Waals surface area contributed by atoms with Crippen LogP contribution < -0.4 is 15.0 Å². The summed E-state index contributed by atoms with van der Waals surface area (Å²) in [5.74, 6) is 0.900. The Bertz CT molecular complexity index is 1550. The molecule has 0 aliphatic carbocycles. The van der Waals surface area contributed by atoms with E-state index >= 15 is 0 Å². The third-order valence-corrected chi connectivity index (χ3v) is 8.08. The normalized spacial score (nSPS) is 16.5. The van der Waals surface area contributed by atoms with Crippen LogP contribution >= 0.6 is 11.6 Å². The summed E-state index contributed by atoms with van der Waals surface area (Å²) in [5.41, 5.74) is 4.48. The second-order valence-corrected chi connectivity index (χ2v) is 10.8. The number of nitrogens with zero attached hydrogens (tertiary/aromatic N) is 1. The smallest absolute Gasteiger partial charge is 0.340 e. The molecule has 6 heteroatoms. The number of hydrogen-bond donors (Lipinski definition) is 1. The summed E-state index contributed by atoms with van der Waals surface area (Å²) in [5, 5.41) is 3.93. The molecule has 0 saturated carbocycles. The van der Waals surface area contributed by atoms with Gasteiger partial charge in [0.1, 0.15) is 11.5 Å². The number of ether oxygens (including phenoxy) is 2. The quantitative estimate of drug-likeness (QED) is 0.210. The van der Waals surface area contributed by atoms with Crippen LogP contribution in [-0.2, 0) is 10.3 Å². The van der Waals surface area contributed by atoms with Gasteiger partial charge in [0.15, 0.2) is 5.60 Å². The number of fused-ring (bicyclic) bond motifs is 6. The number of benzene rings is 4. The van der Waals surface area contributed by atoms with E-state index in [1.165, 1.54) is 0 Å². The summed E-state index contributed by atoms with van der Waals surface area (Å²) in [6.45, 7) is 6.39. The lowest BCUT2D eigenvalue weighted by Gasteiger charge is -2.37. The summed E-state index contributed by atoms with van der Waals surface area (Å²) in [4.78, 5) is 15.7. The Morgan fingerprint density at radius 3 is 2.25 bits per heavy atom. The van der Waals surface area contributed by atoms with E-state index in [1.54, 1.807) is 0 Å². The van der Waals surface area contributed by atoms with Crippen LogP contribution in [0.4, 0.5) is 17.1 Å². The van der Waals surface area contributed by atoms with Gasteiger partial charge in [0.05, 0.1) is 16.3 Å². The number of halogens is 1. The molecule has 40 heavy (non-hydrogen) atoms. The van der Waals surface area contributed by atoms with Crippen molar-refractivity contribution < 1.29 is 14.3 Å². The average molecular weight is 553 g/mol. The molecule has 6 rings (SSSR count). The van der Waals surface area contributed by atoms with Crippen molar-refractivity contribution in [1.82, 2.24) is 0 Å². The van der Waals surface area contributed by atoms with Crippen molar-refractivity contribution in [2.75, 3.05) is 23.3 Å². The third-order valence-electron chi connectivity index (χ3n) is 7.77. The Morgan fingerprint density at radius 2 is 1.50 bits per heavy atom. The number of hydrogen-bond acceptors (Lipinski definition) is 5. The summed E-state index contributed by atoms with van der Waals surface area (Å²) < 4.78 is 13.0. The Kier molecular flexibility index (Phi) is 7.16. The molecule has 0 radical (unpaired) electrons. The lowest BCUT2D eigenvalue weighted by molar-refractivity contribution is 0.0224. The lowest BCUT2D eigenvalue weighted by atomic mass is 9.77. The molecule has 1 N–H and O–H groups in total. The molecule has 204 valence electrons. The number of anilines is 3. The average Bonchev–Trinajstić information content (AvgIpc) is 3.27. The molecule has 2 heterocycles. The zero-order valence-corrected chi connectivity index (χ0v) is 23.6. The van der Waals surface area contributed by atoms with Crippen molar-refractivity contribution in [2.24, 2.45) is 0 Å². The van der Waals surface area contributed by atoms with Crippen LogP contribution in [0.5, 0.6) is 11.5 Å². The van der Waals surface area contributed by atoms with E-state index in [4.69, 9.17) is 21.1 Å². The molecule has 2 aliphatic rings. The minimum absolute atomic E-state index is 0.349. The van der Waals surface area contributed by atoms with Gasteiger partial charge < -0.3 is 19.7 Å². The Morgan fingerprint density at radius 1 is 0.800 bits per heavy atom. The van der Waals surface area contributed by atoms with E-state index in [9.17, 15) is 4.79 Å². The minimum atomic E-state index is -1.15. The number of carbonyl (C=O) groups is 1. The highest BCUT2D eigenvalue weighted by Gasteiger charge is 2.53. The number of para-hydroxylation sites is 1. The first kappa shape index (κ1) is 26.3. The summed E-state index contributed by atoms with van der Waals surface area (Å²) in [6, 6.07) is 27.5. The van der Waals surface area contributed by atoms with E-state index in [1.807, 2.05) is 66.7 Å². The lowest BCUT2D eigenvalue weighted by Crippen LogP contribution is -2.33. The van der Waals surface area contributed by atoms with Crippen molar-refractivity contribution in [3.8, 4) is 11.5 Å². The molecule has 4 aromatic carbocycles. The first-order valence-corrected chi connectivity index (χ1v) is 14.5. The second-order valence-electron chi connectivity index (χ2n) is 10.4. The molecule has 0 bridgehead atoms. The van der Waals surface area contributed by atoms with E-state index < -0.39 is 5.60 Å². The third kappa shape index (κ3) is 4.48. The predicted octanol–water partition coefficient (Wildman–Crippen LogP) is 9.06. The van der Waals surface area contributed by atoms with Crippen molar-refractivity contribution in [1.29, 1.82) is 0 Å². The highest BCUT2D eigenvalue weighted by Crippen LogP contribution is 2.57. The zero-order chi connectivity index (χ0) is 27.7. The van der Waals surface area contributed by atoms with Gasteiger partial charge in [0, 0.05) is 53.3 Å². The Balaban J connectivity index is 1.51. The van der Waals surface area contributed by atoms with Crippen LogP contribution in [0.3, 0.4) is 0 Å². The largest absolute Gasteiger partial charge is 0.456 e. The first-order chi connectivity index (χ1) is 19.5. The standard InChI is InChI=1S/C34H33ClN2O3/c1-3-5-18-37(19-6-4-2)24-16-17-27-31(20-24)39-32-22-29(35)30(36-23-12-8-7-9-13-23)21-28(32)34(27)26-15-11-10-14-25(26)33(38)40-34/h7-17,20-22,36H,3-6,18-19H2,1-2H3/t34-/m1/s1. The van der Waals surface area contributed by atoms with Gasteiger partial charge in [-0.05, 0) is 49.2 Å². The van der Waals surface area contributed by atoms with Crippen LogP contribution in [0.25, 0.3) is 0 Å². The van der Waals surface area contributed by atoms with E-state index in [0.717, 1.165) is 66.8 Å². The van der Waals surface area contributed by atoms with Gasteiger partial charge >= 0.3 is 5.97 Å². The maximum Gasteiger partial charge on any atom is 0.340 e. The van der Waals surface area contributed by atoms with Crippen molar-refractivity contribution in [2.45, 2.75) is 45.1 Å². The van der Waals surface area contributed by atoms with Crippen LogP contribution in [0.15, 0.2) is 84.9 Å². The molecule has 4 aromatic rings. The highest BCUT2D eigenvalue weighted by atomic mass is 35.5. The van der Waals surface area contributed by atoms with Crippen LogP contribution in [0, 0.1) is 0 Å². The van der Waals surface area contributed by atoms with E-state index in [0.29, 0.717) is 27.8 Å². The summed E-state index contributed by atoms with van der Waals surface area (Å²) >= 11 is 6.80. The molecular formula is C34H33ClN2O3. The molecule has 5 nitrogen and oxygen atoms in total. The number of esters is 1. The van der Waals surface area contributed by atoms with Crippen LogP contribution in [0.1, 0.15) is 66.6 Å². The molecule has 0 unspecified atom stereocenters. The molecular weight excluding hydrogens is 520 g/mol. The monoisotopic (exact) mass is 552 g/mol. The van der Waals surface area contributed by atoms with Gasteiger partial charge in [0.2, 0.25) is 0 Å². The fourth-order valence-electron chi connectivity index (χ4n) is 5.72. The van der Waals surface area contributed by atoms with Gasteiger partial charge in [-0.3, -0.25) is 0 Å². The molecule has 0 fully saturated rings. The van der Waals surface area contributed by atoms with Crippen LogP contribution in [-0.4, -0.2) is 19.1 Å².